The zero-order valence-corrected chi connectivity index (χ0v) is 14.7. The summed E-state index contributed by atoms with van der Waals surface area (Å²) in [5, 5.41) is 0.570. The summed E-state index contributed by atoms with van der Waals surface area (Å²) < 4.78 is 0. The zero-order chi connectivity index (χ0) is 14.7. The lowest BCUT2D eigenvalue weighted by Crippen LogP contribution is -2.39. The molecule has 2 N–H and O–H groups in total. The number of nitrogens with zero attached hydrogens (tertiary/aromatic N) is 1. The van der Waals surface area contributed by atoms with Crippen molar-refractivity contribution in [3.05, 3.63) is 29.3 Å². The van der Waals surface area contributed by atoms with E-state index in [2.05, 4.69) is 6.92 Å². The minimum absolute atomic E-state index is 0. The first-order chi connectivity index (χ1) is 9.52. The van der Waals surface area contributed by atoms with E-state index in [-0.39, 0.29) is 29.6 Å². The van der Waals surface area contributed by atoms with Crippen LogP contribution < -0.4 is 5.73 Å². The number of rotatable bonds is 4. The van der Waals surface area contributed by atoms with E-state index in [0.29, 0.717) is 17.5 Å². The van der Waals surface area contributed by atoms with Gasteiger partial charge >= 0.3 is 0 Å². The van der Waals surface area contributed by atoms with Crippen molar-refractivity contribution in [2.75, 3.05) is 13.1 Å². The molecule has 1 fully saturated rings. The Morgan fingerprint density at radius 3 is 2.76 bits per heavy atom. The average molecular weight is 349 g/mol. The summed E-state index contributed by atoms with van der Waals surface area (Å²) in [6, 6.07) is 7.92. The van der Waals surface area contributed by atoms with Crippen LogP contribution in [0.25, 0.3) is 0 Å². The molecule has 0 bridgehead atoms. The Morgan fingerprint density at radius 2 is 2.19 bits per heavy atom. The molecule has 3 nitrogen and oxygen atoms in total. The molecule has 0 radical (unpaired) electrons. The maximum Gasteiger partial charge on any atom is 0.236 e. The van der Waals surface area contributed by atoms with Crippen LogP contribution in [0, 0.1) is 5.92 Å². The lowest BCUT2D eigenvalue weighted by Gasteiger charge is -2.25. The van der Waals surface area contributed by atoms with Crippen molar-refractivity contribution in [3.8, 4) is 0 Å². The Balaban J connectivity index is 0.00000220. The molecule has 2 rings (SSSR count). The third-order valence-electron chi connectivity index (χ3n) is 3.77. The Bertz CT molecular complexity index is 486. The highest BCUT2D eigenvalue weighted by atomic mass is 35.5. The molecule has 1 aliphatic rings. The van der Waals surface area contributed by atoms with Gasteiger partial charge in [-0.05, 0) is 44.9 Å². The quantitative estimate of drug-likeness (QED) is 0.847. The number of hydrogen-bond acceptors (Lipinski definition) is 3. The van der Waals surface area contributed by atoms with Crippen LogP contribution in [0.1, 0.15) is 20.3 Å². The summed E-state index contributed by atoms with van der Waals surface area (Å²) in [6.07, 6.45) is 1.01. The fraction of sp³-hybridized carbons (Fsp3) is 0.533. The first kappa shape index (κ1) is 18.6. The lowest BCUT2D eigenvalue weighted by molar-refractivity contribution is -0.130. The van der Waals surface area contributed by atoms with Crippen molar-refractivity contribution in [1.29, 1.82) is 0 Å². The van der Waals surface area contributed by atoms with Crippen molar-refractivity contribution < 1.29 is 4.79 Å². The van der Waals surface area contributed by atoms with Gasteiger partial charge in [-0.1, -0.05) is 23.7 Å². The average Bonchev–Trinajstić information content (AvgIpc) is 2.81. The van der Waals surface area contributed by atoms with Crippen LogP contribution in [0.2, 0.25) is 5.02 Å². The number of carbonyl (C=O) groups excluding carboxylic acids is 1. The number of amides is 1. The Hall–Kier alpha value is -0.420. The van der Waals surface area contributed by atoms with Crippen LogP contribution in [-0.2, 0) is 4.79 Å². The standard InChI is InChI=1S/C15H21ClN2OS.ClH/c1-10-7-12(8-17)9-18(10)15(19)11(2)20-14-6-4-3-5-13(14)16;/h3-6,10-12H,7-9,17H2,1-2H3;1H. The minimum Gasteiger partial charge on any atom is -0.339 e. The van der Waals surface area contributed by atoms with Crippen LogP contribution in [-0.4, -0.2) is 35.2 Å². The number of halogens is 2. The highest BCUT2D eigenvalue weighted by Gasteiger charge is 2.33. The normalized spacial score (nSPS) is 22.8. The van der Waals surface area contributed by atoms with Gasteiger partial charge in [-0.25, -0.2) is 0 Å². The van der Waals surface area contributed by atoms with Crippen molar-refractivity contribution in [1.82, 2.24) is 4.90 Å². The van der Waals surface area contributed by atoms with Gasteiger partial charge in [0.05, 0.1) is 10.3 Å². The molecule has 0 spiro atoms. The Morgan fingerprint density at radius 1 is 1.52 bits per heavy atom. The number of thioether (sulfide) groups is 1. The van der Waals surface area contributed by atoms with E-state index in [9.17, 15) is 4.79 Å². The number of likely N-dealkylation sites (tertiary alicyclic amines) is 1. The monoisotopic (exact) mass is 348 g/mol. The Kier molecular flexibility index (Phi) is 7.34. The van der Waals surface area contributed by atoms with Gasteiger partial charge in [0, 0.05) is 17.5 Å². The second-order valence-electron chi connectivity index (χ2n) is 5.37. The van der Waals surface area contributed by atoms with E-state index in [1.165, 1.54) is 11.8 Å². The fourth-order valence-corrected chi connectivity index (χ4v) is 3.86. The smallest absolute Gasteiger partial charge is 0.236 e. The molecule has 1 aromatic carbocycles. The van der Waals surface area contributed by atoms with Crippen molar-refractivity contribution >= 4 is 41.7 Å². The molecule has 1 heterocycles. The summed E-state index contributed by atoms with van der Waals surface area (Å²) in [4.78, 5) is 15.5. The molecule has 118 valence electrons. The molecule has 1 amide bonds. The molecule has 3 atom stereocenters. The van der Waals surface area contributed by atoms with E-state index in [1.54, 1.807) is 0 Å². The van der Waals surface area contributed by atoms with Crippen LogP contribution in [0.4, 0.5) is 0 Å². The first-order valence-corrected chi connectivity index (χ1v) is 8.20. The first-order valence-electron chi connectivity index (χ1n) is 6.94. The lowest BCUT2D eigenvalue weighted by atomic mass is 10.1. The summed E-state index contributed by atoms with van der Waals surface area (Å²) >= 11 is 7.67. The zero-order valence-electron chi connectivity index (χ0n) is 12.3. The molecule has 1 saturated heterocycles. The van der Waals surface area contributed by atoms with Gasteiger partial charge in [0.15, 0.2) is 0 Å². The van der Waals surface area contributed by atoms with Gasteiger partial charge in [0.2, 0.25) is 5.91 Å². The summed E-state index contributed by atoms with van der Waals surface area (Å²) in [6.45, 7) is 5.48. The Labute approximate surface area is 142 Å². The van der Waals surface area contributed by atoms with Crippen LogP contribution in [0.15, 0.2) is 29.2 Å². The second-order valence-corrected chi connectivity index (χ2v) is 7.16. The largest absolute Gasteiger partial charge is 0.339 e. The third-order valence-corrected chi connectivity index (χ3v) is 5.37. The SMILES string of the molecule is CC(Sc1ccccc1Cl)C(=O)N1CC(CN)CC1C.Cl. The number of carbonyl (C=O) groups is 1. The fourth-order valence-electron chi connectivity index (χ4n) is 2.63. The molecule has 0 saturated carbocycles. The van der Waals surface area contributed by atoms with Crippen LogP contribution in [0.5, 0.6) is 0 Å². The molecule has 1 aliphatic heterocycles. The van der Waals surface area contributed by atoms with Crippen molar-refractivity contribution in [2.45, 2.75) is 36.5 Å². The van der Waals surface area contributed by atoms with Crippen molar-refractivity contribution in [3.63, 3.8) is 0 Å². The van der Waals surface area contributed by atoms with E-state index < -0.39 is 0 Å². The maximum atomic E-state index is 12.6. The van der Waals surface area contributed by atoms with Gasteiger partial charge in [-0.2, -0.15) is 0 Å². The number of hydrogen-bond donors (Lipinski definition) is 1. The van der Waals surface area contributed by atoms with Gasteiger partial charge in [-0.15, -0.1) is 24.2 Å². The number of benzene rings is 1. The van der Waals surface area contributed by atoms with E-state index in [1.807, 2.05) is 36.1 Å². The van der Waals surface area contributed by atoms with E-state index >= 15 is 0 Å². The van der Waals surface area contributed by atoms with Crippen molar-refractivity contribution in [2.24, 2.45) is 11.7 Å². The van der Waals surface area contributed by atoms with Gasteiger partial charge in [0.25, 0.3) is 0 Å². The molecule has 3 unspecified atom stereocenters. The molecule has 0 aliphatic carbocycles. The highest BCUT2D eigenvalue weighted by Crippen LogP contribution is 2.32. The number of nitrogens with two attached hydrogens (primary N) is 1. The maximum absolute atomic E-state index is 12.6. The predicted octanol–water partition coefficient (Wildman–Crippen LogP) is 3.44. The van der Waals surface area contributed by atoms with E-state index in [4.69, 9.17) is 17.3 Å². The van der Waals surface area contributed by atoms with E-state index in [0.717, 1.165) is 17.9 Å². The topological polar surface area (TPSA) is 46.3 Å². The van der Waals surface area contributed by atoms with Crippen LogP contribution in [0.3, 0.4) is 0 Å². The molecule has 21 heavy (non-hydrogen) atoms. The molecule has 1 aromatic rings. The second kappa shape index (κ2) is 8.28. The molecule has 0 aromatic heterocycles. The predicted molar refractivity (Wildman–Crippen MR) is 92.4 cm³/mol. The molecule has 6 heteroatoms. The third kappa shape index (κ3) is 4.52. The van der Waals surface area contributed by atoms with Gasteiger partial charge < -0.3 is 10.6 Å². The van der Waals surface area contributed by atoms with Crippen LogP contribution >= 0.6 is 35.8 Å². The van der Waals surface area contributed by atoms with Gasteiger partial charge in [0.1, 0.15) is 0 Å². The highest BCUT2D eigenvalue weighted by molar-refractivity contribution is 8.00. The summed E-state index contributed by atoms with van der Waals surface area (Å²) in [5.41, 5.74) is 5.72. The molecular weight excluding hydrogens is 327 g/mol. The van der Waals surface area contributed by atoms with Gasteiger partial charge in [-0.3, -0.25) is 4.79 Å². The summed E-state index contributed by atoms with van der Waals surface area (Å²) in [5.74, 6) is 0.616. The molecular formula is C15H22Cl2N2OS. The summed E-state index contributed by atoms with van der Waals surface area (Å²) in [7, 11) is 0. The minimum atomic E-state index is -0.131.